The molecular weight excluding hydrogens is 290 g/mol. The fraction of sp³-hybridized carbons (Fsp3) is 0.263. The summed E-state index contributed by atoms with van der Waals surface area (Å²) >= 11 is 0. The van der Waals surface area contributed by atoms with E-state index in [4.69, 9.17) is 5.11 Å². The van der Waals surface area contributed by atoms with Crippen molar-refractivity contribution in [2.24, 2.45) is 0 Å². The van der Waals surface area contributed by atoms with Crippen LogP contribution in [0.3, 0.4) is 0 Å². The Morgan fingerprint density at radius 2 is 1.61 bits per heavy atom. The minimum atomic E-state index is -0.966. The van der Waals surface area contributed by atoms with Crippen molar-refractivity contribution in [2.75, 3.05) is 0 Å². The van der Waals surface area contributed by atoms with Crippen molar-refractivity contribution in [3.05, 3.63) is 71.3 Å². The number of hydrogen-bond donors (Lipinski definition) is 2. The number of nitrogens with one attached hydrogen (secondary N) is 1. The lowest BCUT2D eigenvalue weighted by Gasteiger charge is -2.21. The predicted octanol–water partition coefficient (Wildman–Crippen LogP) is 3.24. The Hall–Kier alpha value is -2.62. The van der Waals surface area contributed by atoms with Crippen LogP contribution in [0.25, 0.3) is 0 Å². The number of benzene rings is 2. The van der Waals surface area contributed by atoms with Crippen LogP contribution in [0.5, 0.6) is 0 Å². The molecule has 0 aliphatic heterocycles. The van der Waals surface area contributed by atoms with Gasteiger partial charge in [-0.15, -0.1) is 0 Å². The van der Waals surface area contributed by atoms with Crippen molar-refractivity contribution in [2.45, 2.75) is 32.2 Å². The normalized spacial score (nSPS) is 13.1. The van der Waals surface area contributed by atoms with Gasteiger partial charge in [-0.3, -0.25) is 4.79 Å². The fourth-order valence-electron chi connectivity index (χ4n) is 2.43. The minimum absolute atomic E-state index is 0.0168. The zero-order valence-electron chi connectivity index (χ0n) is 13.3. The molecule has 0 bridgehead atoms. The van der Waals surface area contributed by atoms with Crippen LogP contribution < -0.4 is 5.32 Å². The van der Waals surface area contributed by atoms with E-state index in [2.05, 4.69) is 24.4 Å². The van der Waals surface area contributed by atoms with Crippen LogP contribution in [0.2, 0.25) is 0 Å². The second kappa shape index (κ2) is 7.58. The third-order valence-corrected chi connectivity index (χ3v) is 4.03. The molecule has 0 radical (unpaired) electrons. The van der Waals surface area contributed by atoms with Crippen molar-refractivity contribution >= 4 is 11.9 Å². The highest BCUT2D eigenvalue weighted by Crippen LogP contribution is 2.18. The van der Waals surface area contributed by atoms with Crippen LogP contribution in [-0.4, -0.2) is 23.0 Å². The molecule has 1 amide bonds. The molecule has 2 aromatic carbocycles. The van der Waals surface area contributed by atoms with Crippen molar-refractivity contribution in [3.63, 3.8) is 0 Å². The summed E-state index contributed by atoms with van der Waals surface area (Å²) in [5.74, 6) is -0.816. The average Bonchev–Trinajstić information content (AvgIpc) is 2.55. The summed E-state index contributed by atoms with van der Waals surface area (Å²) in [4.78, 5) is 23.0. The highest BCUT2D eigenvalue weighted by molar-refractivity contribution is 5.87. The van der Waals surface area contributed by atoms with Gasteiger partial charge < -0.3 is 10.4 Å². The summed E-state index contributed by atoms with van der Waals surface area (Å²) in [6.07, 6.45) is 0.242. The zero-order chi connectivity index (χ0) is 16.8. The van der Waals surface area contributed by atoms with Gasteiger partial charge in [0.05, 0.1) is 12.0 Å². The van der Waals surface area contributed by atoms with Crippen LogP contribution in [-0.2, 0) is 11.2 Å². The largest absolute Gasteiger partial charge is 0.478 e. The molecule has 2 unspecified atom stereocenters. The summed E-state index contributed by atoms with van der Waals surface area (Å²) in [6, 6.07) is 16.5. The molecule has 0 fully saturated rings. The van der Waals surface area contributed by atoms with E-state index >= 15 is 0 Å². The predicted molar refractivity (Wildman–Crippen MR) is 89.6 cm³/mol. The quantitative estimate of drug-likeness (QED) is 0.860. The fourth-order valence-corrected chi connectivity index (χ4v) is 2.43. The van der Waals surface area contributed by atoms with E-state index in [1.165, 1.54) is 17.7 Å². The molecular formula is C19H21NO3. The van der Waals surface area contributed by atoms with Crippen molar-refractivity contribution in [3.8, 4) is 0 Å². The lowest BCUT2D eigenvalue weighted by atomic mass is 9.94. The van der Waals surface area contributed by atoms with Gasteiger partial charge in [0.2, 0.25) is 5.91 Å². The highest BCUT2D eigenvalue weighted by Gasteiger charge is 2.16. The van der Waals surface area contributed by atoms with Gasteiger partial charge >= 0.3 is 5.97 Å². The molecule has 2 atom stereocenters. The van der Waals surface area contributed by atoms with Gasteiger partial charge in [0, 0.05) is 12.0 Å². The number of carbonyl (C=O) groups is 2. The van der Waals surface area contributed by atoms with E-state index in [1.54, 1.807) is 12.1 Å². The van der Waals surface area contributed by atoms with Gasteiger partial charge in [-0.1, -0.05) is 49.4 Å². The Morgan fingerprint density at radius 3 is 2.17 bits per heavy atom. The summed E-state index contributed by atoms with van der Waals surface area (Å²) in [6.45, 7) is 4.07. The maximum Gasteiger partial charge on any atom is 0.335 e. The van der Waals surface area contributed by atoms with Gasteiger partial charge in [-0.25, -0.2) is 4.79 Å². The van der Waals surface area contributed by atoms with Crippen molar-refractivity contribution < 1.29 is 14.7 Å². The lowest BCUT2D eigenvalue weighted by molar-refractivity contribution is -0.121. The SMILES string of the molecule is CC(NC(=O)Cc1ccc(C(=O)O)cc1)C(C)c1ccccc1. The van der Waals surface area contributed by atoms with Crippen molar-refractivity contribution in [1.82, 2.24) is 5.32 Å². The minimum Gasteiger partial charge on any atom is -0.478 e. The third kappa shape index (κ3) is 4.68. The first-order chi connectivity index (χ1) is 11.0. The Balaban J connectivity index is 1.92. The van der Waals surface area contributed by atoms with Gasteiger partial charge in [0.15, 0.2) is 0 Å². The maximum absolute atomic E-state index is 12.2. The first-order valence-electron chi connectivity index (χ1n) is 7.64. The topological polar surface area (TPSA) is 66.4 Å². The van der Waals surface area contributed by atoms with E-state index in [-0.39, 0.29) is 29.9 Å². The Labute approximate surface area is 136 Å². The van der Waals surface area contributed by atoms with E-state index in [0.29, 0.717) is 0 Å². The lowest BCUT2D eigenvalue weighted by Crippen LogP contribution is -2.37. The number of aromatic carboxylic acids is 1. The van der Waals surface area contributed by atoms with E-state index in [0.717, 1.165) is 5.56 Å². The average molecular weight is 311 g/mol. The molecule has 4 nitrogen and oxygen atoms in total. The van der Waals surface area contributed by atoms with Crippen LogP contribution in [0.1, 0.15) is 41.3 Å². The molecule has 0 saturated carbocycles. The molecule has 0 heterocycles. The molecule has 0 spiro atoms. The van der Waals surface area contributed by atoms with Crippen LogP contribution in [0.4, 0.5) is 0 Å². The smallest absolute Gasteiger partial charge is 0.335 e. The molecule has 4 heteroatoms. The summed E-state index contributed by atoms with van der Waals surface area (Å²) < 4.78 is 0. The Kier molecular flexibility index (Phi) is 5.52. The second-order valence-electron chi connectivity index (χ2n) is 5.73. The standard InChI is InChI=1S/C19H21NO3/c1-13(16-6-4-3-5-7-16)14(2)20-18(21)12-15-8-10-17(11-9-15)19(22)23/h3-11,13-14H,12H2,1-2H3,(H,20,21)(H,22,23). The van der Waals surface area contributed by atoms with E-state index in [9.17, 15) is 9.59 Å². The maximum atomic E-state index is 12.2. The molecule has 2 aromatic rings. The number of hydrogen-bond acceptors (Lipinski definition) is 2. The number of rotatable bonds is 6. The van der Waals surface area contributed by atoms with Crippen LogP contribution >= 0.6 is 0 Å². The Morgan fingerprint density at radius 1 is 1.00 bits per heavy atom. The molecule has 23 heavy (non-hydrogen) atoms. The molecule has 0 aliphatic carbocycles. The molecule has 0 saturated heterocycles. The highest BCUT2D eigenvalue weighted by atomic mass is 16.4. The van der Waals surface area contributed by atoms with Gasteiger partial charge in [-0.2, -0.15) is 0 Å². The number of amides is 1. The molecule has 0 aliphatic rings. The van der Waals surface area contributed by atoms with Gasteiger partial charge in [0.25, 0.3) is 0 Å². The monoisotopic (exact) mass is 311 g/mol. The van der Waals surface area contributed by atoms with Gasteiger partial charge in [-0.05, 0) is 30.2 Å². The first kappa shape index (κ1) is 16.7. The first-order valence-corrected chi connectivity index (χ1v) is 7.64. The van der Waals surface area contributed by atoms with Gasteiger partial charge in [0.1, 0.15) is 0 Å². The van der Waals surface area contributed by atoms with E-state index < -0.39 is 5.97 Å². The molecule has 120 valence electrons. The van der Waals surface area contributed by atoms with Crippen LogP contribution in [0.15, 0.2) is 54.6 Å². The molecule has 0 aromatic heterocycles. The van der Waals surface area contributed by atoms with Crippen LogP contribution in [0, 0.1) is 0 Å². The molecule has 2 rings (SSSR count). The zero-order valence-corrected chi connectivity index (χ0v) is 13.3. The summed E-state index contributed by atoms with van der Waals surface area (Å²) in [5.41, 5.74) is 2.21. The summed E-state index contributed by atoms with van der Waals surface area (Å²) in [7, 11) is 0. The summed E-state index contributed by atoms with van der Waals surface area (Å²) in [5, 5.41) is 11.9. The number of carbonyl (C=O) groups excluding carboxylic acids is 1. The Bertz CT molecular complexity index is 665. The van der Waals surface area contributed by atoms with Crippen molar-refractivity contribution in [1.29, 1.82) is 0 Å². The van der Waals surface area contributed by atoms with E-state index in [1.807, 2.05) is 25.1 Å². The third-order valence-electron chi connectivity index (χ3n) is 4.03. The molecule has 2 N–H and O–H groups in total. The second-order valence-corrected chi connectivity index (χ2v) is 5.73. The number of carboxylic acids is 1. The number of carboxylic acid groups (broad SMARTS) is 1.